The van der Waals surface area contributed by atoms with Crippen molar-refractivity contribution in [3.63, 3.8) is 0 Å². The lowest BCUT2D eigenvalue weighted by atomic mass is 9.92. The Balaban J connectivity index is 1.84. The molecule has 0 unspecified atom stereocenters. The molecule has 3 aromatic heterocycles. The summed E-state index contributed by atoms with van der Waals surface area (Å²) in [5.41, 5.74) is 7.38. The smallest absolute Gasteiger partial charge is 0.196 e. The largest absolute Gasteiger partial charge is 0.358 e. The molecule has 4 heteroatoms. The van der Waals surface area contributed by atoms with Crippen molar-refractivity contribution in [2.45, 2.75) is 13.8 Å². The average molecular weight is 397 g/mol. The summed E-state index contributed by atoms with van der Waals surface area (Å²) in [4.78, 5) is 20.8. The number of nitrogens with one attached hydrogen (secondary N) is 2. The van der Waals surface area contributed by atoms with Crippen LogP contribution in [0.15, 0.2) is 72.1 Å². The highest BCUT2D eigenvalue weighted by Crippen LogP contribution is 2.38. The van der Waals surface area contributed by atoms with Crippen LogP contribution in [0.1, 0.15) is 32.2 Å². The summed E-state index contributed by atoms with van der Waals surface area (Å²) in [6.07, 6.45) is 1.80. The van der Waals surface area contributed by atoms with E-state index >= 15 is 0 Å². The lowest BCUT2D eigenvalue weighted by Gasteiger charge is -2.10. The topological polar surface area (TPSA) is 48.6 Å². The van der Waals surface area contributed by atoms with E-state index in [0.29, 0.717) is 0 Å². The number of thiophene rings is 1. The van der Waals surface area contributed by atoms with Crippen LogP contribution in [0.25, 0.3) is 27.4 Å². The Hall–Kier alpha value is -3.37. The fraction of sp³-hybridized carbons (Fsp3) is 0.0800. The second kappa shape index (κ2) is 6.90. The van der Waals surface area contributed by atoms with Crippen molar-refractivity contribution in [2.75, 3.05) is 0 Å². The van der Waals surface area contributed by atoms with Crippen LogP contribution in [0.5, 0.6) is 0 Å². The molecule has 0 saturated heterocycles. The number of para-hydroxylation sites is 2. The van der Waals surface area contributed by atoms with Crippen molar-refractivity contribution >= 4 is 44.5 Å². The molecule has 0 fully saturated rings. The number of carbonyl (C=O) groups is 1. The predicted octanol–water partition coefficient (Wildman–Crippen LogP) is 6.64. The van der Waals surface area contributed by atoms with Crippen LogP contribution >= 0.6 is 11.3 Å². The number of aromatic nitrogens is 2. The maximum atomic E-state index is 13.1. The second-order valence-electron chi connectivity index (χ2n) is 7.24. The quantitative estimate of drug-likeness (QED) is 0.259. The van der Waals surface area contributed by atoms with E-state index in [9.17, 15) is 4.79 Å². The number of benzene rings is 2. The zero-order valence-electron chi connectivity index (χ0n) is 16.2. The van der Waals surface area contributed by atoms with Crippen LogP contribution < -0.4 is 0 Å². The minimum atomic E-state index is 0.0318. The van der Waals surface area contributed by atoms with Gasteiger partial charge >= 0.3 is 0 Å². The SMILES string of the molecule is Cc1[nH]c2ccccc2c1C(=CC(=O)c1cccs1)c1c(C)[nH]c2ccccc12. The van der Waals surface area contributed by atoms with Gasteiger partial charge in [0.05, 0.1) is 4.88 Å². The highest BCUT2D eigenvalue weighted by Gasteiger charge is 2.21. The monoisotopic (exact) mass is 396 g/mol. The molecular weight excluding hydrogens is 376 g/mol. The summed E-state index contributed by atoms with van der Waals surface area (Å²) in [6, 6.07) is 20.3. The van der Waals surface area contributed by atoms with Gasteiger partial charge in [0.25, 0.3) is 0 Å². The molecule has 0 atom stereocenters. The van der Waals surface area contributed by atoms with Gasteiger partial charge in [-0.15, -0.1) is 11.3 Å². The first-order chi connectivity index (χ1) is 14.1. The molecule has 29 heavy (non-hydrogen) atoms. The summed E-state index contributed by atoms with van der Waals surface area (Å²) in [5.74, 6) is 0.0318. The number of H-pyrrole nitrogens is 2. The Kier molecular flexibility index (Phi) is 4.22. The molecule has 5 aromatic rings. The van der Waals surface area contributed by atoms with Crippen molar-refractivity contribution in [1.82, 2.24) is 9.97 Å². The van der Waals surface area contributed by atoms with Gasteiger partial charge in [-0.3, -0.25) is 4.79 Å². The summed E-state index contributed by atoms with van der Waals surface area (Å²) in [6.45, 7) is 4.14. The highest BCUT2D eigenvalue weighted by atomic mass is 32.1. The molecule has 0 aliphatic carbocycles. The minimum absolute atomic E-state index is 0.0318. The van der Waals surface area contributed by atoms with Crippen molar-refractivity contribution < 1.29 is 4.79 Å². The Morgan fingerprint density at radius 3 is 1.86 bits per heavy atom. The van der Waals surface area contributed by atoms with E-state index in [-0.39, 0.29) is 5.78 Å². The molecule has 3 nitrogen and oxygen atoms in total. The average Bonchev–Trinajstić information content (AvgIpc) is 3.43. The van der Waals surface area contributed by atoms with Gasteiger partial charge in [0.1, 0.15) is 0 Å². The molecule has 5 rings (SSSR count). The summed E-state index contributed by atoms with van der Waals surface area (Å²) >= 11 is 1.47. The molecular formula is C25H20N2OS. The van der Waals surface area contributed by atoms with Crippen molar-refractivity contribution in [2.24, 2.45) is 0 Å². The molecule has 3 heterocycles. The van der Waals surface area contributed by atoms with Gasteiger partial charge in [0.2, 0.25) is 0 Å². The number of hydrogen-bond donors (Lipinski definition) is 2. The molecule has 142 valence electrons. The van der Waals surface area contributed by atoms with E-state index in [4.69, 9.17) is 0 Å². The molecule has 2 N–H and O–H groups in total. The van der Waals surface area contributed by atoms with E-state index < -0.39 is 0 Å². The molecule has 0 radical (unpaired) electrons. The van der Waals surface area contributed by atoms with Crippen LogP contribution in [0.3, 0.4) is 0 Å². The zero-order valence-corrected chi connectivity index (χ0v) is 17.1. The van der Waals surface area contributed by atoms with Crippen LogP contribution in [0.4, 0.5) is 0 Å². The number of aromatic amines is 2. The highest BCUT2D eigenvalue weighted by molar-refractivity contribution is 7.12. The first-order valence-corrected chi connectivity index (χ1v) is 10.5. The number of fused-ring (bicyclic) bond motifs is 2. The first-order valence-electron chi connectivity index (χ1n) is 9.58. The summed E-state index contributed by atoms with van der Waals surface area (Å²) < 4.78 is 0. The van der Waals surface area contributed by atoms with E-state index in [2.05, 4.69) is 48.1 Å². The van der Waals surface area contributed by atoms with Crippen LogP contribution in [-0.2, 0) is 0 Å². The predicted molar refractivity (Wildman–Crippen MR) is 122 cm³/mol. The van der Waals surface area contributed by atoms with E-state index in [1.54, 1.807) is 6.08 Å². The number of ketones is 1. The summed E-state index contributed by atoms with van der Waals surface area (Å²) in [7, 11) is 0. The molecule has 2 aromatic carbocycles. The van der Waals surface area contributed by atoms with E-state index in [1.807, 2.05) is 41.8 Å². The normalized spacial score (nSPS) is 11.2. The van der Waals surface area contributed by atoms with Crippen LogP contribution in [-0.4, -0.2) is 15.8 Å². The van der Waals surface area contributed by atoms with Crippen LogP contribution in [0.2, 0.25) is 0 Å². The maximum absolute atomic E-state index is 13.1. The molecule has 0 aliphatic rings. The Morgan fingerprint density at radius 1 is 0.793 bits per heavy atom. The van der Waals surface area contributed by atoms with E-state index in [0.717, 1.165) is 54.8 Å². The van der Waals surface area contributed by atoms with Gasteiger partial charge < -0.3 is 9.97 Å². The number of allylic oxidation sites excluding steroid dienone is 1. The number of hydrogen-bond acceptors (Lipinski definition) is 2. The Morgan fingerprint density at radius 2 is 1.34 bits per heavy atom. The molecule has 0 aliphatic heterocycles. The van der Waals surface area contributed by atoms with Crippen molar-refractivity contribution in [1.29, 1.82) is 0 Å². The van der Waals surface area contributed by atoms with Gasteiger partial charge in [-0.1, -0.05) is 42.5 Å². The molecule has 0 saturated carbocycles. The fourth-order valence-corrected chi connectivity index (χ4v) is 4.77. The fourth-order valence-electron chi connectivity index (χ4n) is 4.14. The van der Waals surface area contributed by atoms with Gasteiger partial charge in [0.15, 0.2) is 5.78 Å². The van der Waals surface area contributed by atoms with E-state index in [1.165, 1.54) is 11.3 Å². The zero-order chi connectivity index (χ0) is 20.0. The lowest BCUT2D eigenvalue weighted by molar-refractivity contribution is 0.105. The molecule has 0 bridgehead atoms. The second-order valence-corrected chi connectivity index (χ2v) is 8.19. The minimum Gasteiger partial charge on any atom is -0.358 e. The summed E-state index contributed by atoms with van der Waals surface area (Å²) in [5, 5.41) is 4.19. The Labute approximate surface area is 172 Å². The third-order valence-corrected chi connectivity index (χ3v) is 6.25. The first kappa shape index (κ1) is 17.7. The lowest BCUT2D eigenvalue weighted by Crippen LogP contribution is -1.98. The standard InChI is InChI=1S/C25H20N2OS/c1-15-24(17-8-3-5-10-20(17)26-15)19(14-22(28)23-12-7-13-29-23)25-16(2)27-21-11-6-4-9-18(21)25/h3-14,26-27H,1-2H3. The van der Waals surface area contributed by atoms with Gasteiger partial charge in [-0.25, -0.2) is 0 Å². The molecule has 0 amide bonds. The van der Waals surface area contributed by atoms with Crippen molar-refractivity contribution in [3.8, 4) is 0 Å². The third kappa shape index (κ3) is 2.93. The van der Waals surface area contributed by atoms with Gasteiger partial charge in [-0.05, 0) is 49.1 Å². The van der Waals surface area contributed by atoms with Crippen molar-refractivity contribution in [3.05, 3.63) is 99.5 Å². The molecule has 0 spiro atoms. The maximum Gasteiger partial charge on any atom is 0.196 e. The number of rotatable bonds is 4. The Bertz CT molecular complexity index is 1300. The van der Waals surface area contributed by atoms with Crippen LogP contribution in [0, 0.1) is 13.8 Å². The third-order valence-electron chi connectivity index (χ3n) is 5.37. The number of carbonyl (C=O) groups excluding carboxylic acids is 1. The number of aryl methyl sites for hydroxylation is 2. The van der Waals surface area contributed by atoms with Gasteiger partial charge in [-0.2, -0.15) is 0 Å². The van der Waals surface area contributed by atoms with Gasteiger partial charge in [0, 0.05) is 44.3 Å².